The van der Waals surface area contributed by atoms with Gasteiger partial charge < -0.3 is 14.8 Å². The molecule has 1 N–H and O–H groups in total. The Kier molecular flexibility index (Phi) is 4.98. The number of hydrogen-bond acceptors (Lipinski definition) is 4. The normalized spacial score (nSPS) is 22.6. The minimum Gasteiger partial charge on any atom is -0.376 e. The van der Waals surface area contributed by atoms with Gasteiger partial charge in [0.2, 0.25) is 0 Å². The van der Waals surface area contributed by atoms with E-state index in [1.54, 1.807) is 0 Å². The predicted molar refractivity (Wildman–Crippen MR) is 70.6 cm³/mol. The molecule has 1 aliphatic rings. The van der Waals surface area contributed by atoms with Crippen LogP contribution < -0.4 is 5.32 Å². The van der Waals surface area contributed by atoms with Crippen LogP contribution in [-0.2, 0) is 9.47 Å². The molecule has 0 amide bonds. The highest BCUT2D eigenvalue weighted by atomic mass is 32.1. The summed E-state index contributed by atoms with van der Waals surface area (Å²) >= 11 is 1.84. The first-order chi connectivity index (χ1) is 8.31. The number of thiophene rings is 1. The second-order valence-electron chi connectivity index (χ2n) is 4.36. The van der Waals surface area contributed by atoms with Crippen LogP contribution in [0.2, 0.25) is 0 Å². The Morgan fingerprint density at radius 1 is 1.47 bits per heavy atom. The van der Waals surface area contributed by atoms with E-state index in [2.05, 4.69) is 31.3 Å². The first-order valence-corrected chi connectivity index (χ1v) is 7.12. The summed E-state index contributed by atoms with van der Waals surface area (Å²) in [7, 11) is 0. The molecule has 2 heterocycles. The molecule has 1 saturated heterocycles. The van der Waals surface area contributed by atoms with Crippen molar-refractivity contribution in [3.8, 4) is 0 Å². The van der Waals surface area contributed by atoms with Gasteiger partial charge in [0.15, 0.2) is 0 Å². The molecule has 2 rings (SSSR count). The van der Waals surface area contributed by atoms with Crippen LogP contribution in [-0.4, -0.2) is 32.5 Å². The molecule has 0 aromatic carbocycles. The number of rotatable bonds is 5. The lowest BCUT2D eigenvalue weighted by molar-refractivity contribution is -0.102. The fourth-order valence-corrected chi connectivity index (χ4v) is 3.04. The highest BCUT2D eigenvalue weighted by Gasteiger charge is 2.27. The maximum atomic E-state index is 5.82. The predicted octanol–water partition coefficient (Wildman–Crippen LogP) is 2.51. The van der Waals surface area contributed by atoms with Crippen molar-refractivity contribution in [1.82, 2.24) is 5.32 Å². The third kappa shape index (κ3) is 3.52. The minimum atomic E-state index is 0.147. The number of hydrogen-bond donors (Lipinski definition) is 1. The van der Waals surface area contributed by atoms with Crippen LogP contribution in [0, 0.1) is 6.92 Å². The molecule has 4 heteroatoms. The maximum Gasteiger partial charge on any atom is 0.101 e. The van der Waals surface area contributed by atoms with E-state index < -0.39 is 0 Å². The highest BCUT2D eigenvalue weighted by Crippen LogP contribution is 2.27. The fourth-order valence-electron chi connectivity index (χ4n) is 2.03. The Morgan fingerprint density at radius 2 is 2.35 bits per heavy atom. The van der Waals surface area contributed by atoms with Crippen molar-refractivity contribution in [3.63, 3.8) is 0 Å². The molecule has 0 radical (unpaired) electrons. The second-order valence-corrected chi connectivity index (χ2v) is 5.68. The van der Waals surface area contributed by atoms with Gasteiger partial charge in [0.25, 0.3) is 0 Å². The number of nitrogens with one attached hydrogen (secondary N) is 1. The molecule has 2 unspecified atom stereocenters. The van der Waals surface area contributed by atoms with Crippen molar-refractivity contribution in [2.45, 2.75) is 32.4 Å². The average Bonchev–Trinajstić information content (AvgIpc) is 2.78. The number of aryl methyl sites for hydroxylation is 1. The molecule has 0 aliphatic carbocycles. The quantitative estimate of drug-likeness (QED) is 0.877. The van der Waals surface area contributed by atoms with E-state index in [-0.39, 0.29) is 12.1 Å². The van der Waals surface area contributed by atoms with E-state index in [1.807, 2.05) is 11.3 Å². The summed E-state index contributed by atoms with van der Waals surface area (Å²) < 4.78 is 11.3. The first kappa shape index (κ1) is 13.0. The van der Waals surface area contributed by atoms with Crippen LogP contribution in [0.5, 0.6) is 0 Å². The lowest BCUT2D eigenvalue weighted by Gasteiger charge is -2.30. The van der Waals surface area contributed by atoms with E-state index >= 15 is 0 Å². The van der Waals surface area contributed by atoms with E-state index in [0.717, 1.165) is 19.6 Å². The first-order valence-electron chi connectivity index (χ1n) is 6.30. The molecule has 1 aromatic heterocycles. The summed E-state index contributed by atoms with van der Waals surface area (Å²) in [5.74, 6) is 0. The summed E-state index contributed by atoms with van der Waals surface area (Å²) in [5, 5.41) is 3.57. The van der Waals surface area contributed by atoms with Crippen molar-refractivity contribution in [3.05, 3.63) is 21.9 Å². The van der Waals surface area contributed by atoms with Gasteiger partial charge in [-0.25, -0.2) is 0 Å². The van der Waals surface area contributed by atoms with Gasteiger partial charge in [0.05, 0.1) is 25.9 Å². The average molecular weight is 255 g/mol. The van der Waals surface area contributed by atoms with Crippen LogP contribution in [0.4, 0.5) is 0 Å². The second kappa shape index (κ2) is 6.50. The largest absolute Gasteiger partial charge is 0.376 e. The Balaban J connectivity index is 2.06. The van der Waals surface area contributed by atoms with Crippen molar-refractivity contribution in [2.24, 2.45) is 0 Å². The molecule has 96 valence electrons. The molecule has 3 nitrogen and oxygen atoms in total. The highest BCUT2D eigenvalue weighted by molar-refractivity contribution is 7.12. The molecular weight excluding hydrogens is 234 g/mol. The van der Waals surface area contributed by atoms with E-state index in [0.29, 0.717) is 13.2 Å². The molecule has 1 aromatic rings. The summed E-state index contributed by atoms with van der Waals surface area (Å²) in [6.45, 7) is 7.46. The van der Waals surface area contributed by atoms with Gasteiger partial charge in [-0.2, -0.15) is 0 Å². The molecule has 0 bridgehead atoms. The molecule has 1 fully saturated rings. The zero-order valence-electron chi connectivity index (χ0n) is 10.6. The zero-order chi connectivity index (χ0) is 12.1. The van der Waals surface area contributed by atoms with E-state index in [9.17, 15) is 0 Å². The molecule has 17 heavy (non-hydrogen) atoms. The smallest absolute Gasteiger partial charge is 0.101 e. The van der Waals surface area contributed by atoms with Crippen LogP contribution in [0.3, 0.4) is 0 Å². The van der Waals surface area contributed by atoms with Crippen molar-refractivity contribution in [2.75, 3.05) is 26.4 Å². The fraction of sp³-hybridized carbons (Fsp3) is 0.692. The van der Waals surface area contributed by atoms with E-state index in [4.69, 9.17) is 9.47 Å². The Hall–Kier alpha value is -0.420. The number of ether oxygens (including phenoxy) is 2. The lowest BCUT2D eigenvalue weighted by atomic mass is 10.1. The molecular formula is C13H21NO2S. The van der Waals surface area contributed by atoms with Crippen LogP contribution in [0.1, 0.15) is 29.1 Å². The minimum absolute atomic E-state index is 0.147. The molecule has 0 spiro atoms. The monoisotopic (exact) mass is 255 g/mol. The Morgan fingerprint density at radius 3 is 2.94 bits per heavy atom. The third-order valence-corrected chi connectivity index (χ3v) is 3.98. The molecule has 2 atom stereocenters. The van der Waals surface area contributed by atoms with Gasteiger partial charge in [0.1, 0.15) is 6.10 Å². The molecule has 0 saturated carbocycles. The van der Waals surface area contributed by atoms with Gasteiger partial charge in [0, 0.05) is 9.75 Å². The standard InChI is InChI=1S/C13H21NO2S/c1-3-6-14-13(11-9-15-7-8-16-11)12-5-4-10(2)17-12/h4-5,11,13-14H,3,6-9H2,1-2H3. The Labute approximate surface area is 107 Å². The van der Waals surface area contributed by atoms with Crippen LogP contribution >= 0.6 is 11.3 Å². The maximum absolute atomic E-state index is 5.82. The van der Waals surface area contributed by atoms with Gasteiger partial charge in [-0.3, -0.25) is 0 Å². The summed E-state index contributed by atoms with van der Waals surface area (Å²) in [6.07, 6.45) is 1.28. The lowest BCUT2D eigenvalue weighted by Crippen LogP contribution is -2.40. The van der Waals surface area contributed by atoms with Crippen molar-refractivity contribution >= 4 is 11.3 Å². The SMILES string of the molecule is CCCNC(c1ccc(C)s1)C1COCCO1. The van der Waals surface area contributed by atoms with Crippen LogP contribution in [0.25, 0.3) is 0 Å². The van der Waals surface area contributed by atoms with Gasteiger partial charge >= 0.3 is 0 Å². The topological polar surface area (TPSA) is 30.5 Å². The Bertz CT molecular complexity index is 334. The van der Waals surface area contributed by atoms with Gasteiger partial charge in [-0.1, -0.05) is 6.92 Å². The van der Waals surface area contributed by atoms with Crippen LogP contribution in [0.15, 0.2) is 12.1 Å². The van der Waals surface area contributed by atoms with Gasteiger partial charge in [-0.15, -0.1) is 11.3 Å². The third-order valence-electron chi connectivity index (χ3n) is 2.90. The van der Waals surface area contributed by atoms with E-state index in [1.165, 1.54) is 9.75 Å². The van der Waals surface area contributed by atoms with Crippen molar-refractivity contribution in [1.29, 1.82) is 0 Å². The zero-order valence-corrected chi connectivity index (χ0v) is 11.4. The van der Waals surface area contributed by atoms with Crippen molar-refractivity contribution < 1.29 is 9.47 Å². The summed E-state index contributed by atoms with van der Waals surface area (Å²) in [4.78, 5) is 2.70. The summed E-state index contributed by atoms with van der Waals surface area (Å²) in [6, 6.07) is 4.64. The summed E-state index contributed by atoms with van der Waals surface area (Å²) in [5.41, 5.74) is 0. The molecule has 1 aliphatic heterocycles. The van der Waals surface area contributed by atoms with Gasteiger partial charge in [-0.05, 0) is 32.0 Å².